The van der Waals surface area contributed by atoms with E-state index in [1.807, 2.05) is 20.9 Å². The van der Waals surface area contributed by atoms with Crippen molar-refractivity contribution in [1.29, 1.82) is 0 Å². The van der Waals surface area contributed by atoms with E-state index in [1.165, 1.54) is 18.6 Å². The number of carbonyl (C=O) groups excluding carboxylic acids is 2. The van der Waals surface area contributed by atoms with Crippen LogP contribution >= 0.6 is 11.3 Å². The van der Waals surface area contributed by atoms with Gasteiger partial charge in [0.25, 0.3) is 15.9 Å². The van der Waals surface area contributed by atoms with Crippen LogP contribution in [0.5, 0.6) is 5.75 Å². The molecule has 1 aliphatic carbocycles. The topological polar surface area (TPSA) is 125 Å². The van der Waals surface area contributed by atoms with Gasteiger partial charge in [0.2, 0.25) is 5.91 Å². The standard InChI is InChI=1S/C33H49N3O7S2/c1-23-20-36(24(2)22-37)33(39)28-19-27(34-45(40,41)31-14-10-18-44-31)15-16-29(28)43-25(3)11-8-9-17-42-30(23)21-35(4)32(38)26-12-6-5-7-13-26/h10,14-16,18-19,23-26,30,34,37H,5-9,11-13,17,20-22H2,1-4H3/t23-,24+,25-,30-/m0/s1. The number of nitrogens with one attached hydrogen (secondary N) is 1. The third-order valence-electron chi connectivity index (χ3n) is 8.85. The number of hydrogen-bond acceptors (Lipinski definition) is 8. The van der Waals surface area contributed by atoms with Crippen molar-refractivity contribution in [3.8, 4) is 5.75 Å². The highest BCUT2D eigenvalue weighted by atomic mass is 32.2. The molecule has 12 heteroatoms. The maximum absolute atomic E-state index is 14.3. The first-order chi connectivity index (χ1) is 21.5. The Balaban J connectivity index is 1.63. The van der Waals surface area contributed by atoms with Gasteiger partial charge in [-0.25, -0.2) is 8.42 Å². The third-order valence-corrected chi connectivity index (χ3v) is 11.6. The van der Waals surface area contributed by atoms with Crippen LogP contribution in [0.1, 0.15) is 82.5 Å². The zero-order valence-electron chi connectivity index (χ0n) is 26.9. The summed E-state index contributed by atoms with van der Waals surface area (Å²) in [4.78, 5) is 31.0. The number of aliphatic hydroxyl groups is 1. The third kappa shape index (κ3) is 9.43. The Hall–Kier alpha value is -2.67. The number of fused-ring (bicyclic) bond motifs is 1. The van der Waals surface area contributed by atoms with Crippen LogP contribution in [-0.2, 0) is 19.6 Å². The van der Waals surface area contributed by atoms with E-state index in [0.717, 1.165) is 56.3 Å². The molecular formula is C33H49N3O7S2. The number of carbonyl (C=O) groups is 2. The summed E-state index contributed by atoms with van der Waals surface area (Å²) in [5, 5.41) is 11.9. The van der Waals surface area contributed by atoms with Crippen molar-refractivity contribution in [1.82, 2.24) is 9.80 Å². The lowest BCUT2D eigenvalue weighted by Gasteiger charge is -2.36. The molecule has 45 heavy (non-hydrogen) atoms. The summed E-state index contributed by atoms with van der Waals surface area (Å²) in [7, 11) is -2.00. The number of ether oxygens (including phenoxy) is 2. The molecule has 250 valence electrons. The van der Waals surface area contributed by atoms with Crippen molar-refractivity contribution in [2.75, 3.05) is 38.1 Å². The summed E-state index contributed by atoms with van der Waals surface area (Å²) >= 11 is 1.10. The van der Waals surface area contributed by atoms with Crippen LogP contribution in [0.15, 0.2) is 39.9 Å². The van der Waals surface area contributed by atoms with Crippen LogP contribution in [0, 0.1) is 11.8 Å². The van der Waals surface area contributed by atoms with Gasteiger partial charge >= 0.3 is 0 Å². The Labute approximate surface area is 272 Å². The molecule has 0 bridgehead atoms. The Kier molecular flexibility index (Phi) is 12.7. The molecule has 2 aromatic rings. The molecule has 0 spiro atoms. The molecule has 0 radical (unpaired) electrons. The quantitative estimate of drug-likeness (QED) is 0.388. The Morgan fingerprint density at radius 1 is 1.13 bits per heavy atom. The molecule has 4 rings (SSSR count). The fraction of sp³-hybridized carbons (Fsp3) is 0.636. The summed E-state index contributed by atoms with van der Waals surface area (Å²) in [6, 6.07) is 7.38. The van der Waals surface area contributed by atoms with Gasteiger partial charge in [-0.3, -0.25) is 14.3 Å². The summed E-state index contributed by atoms with van der Waals surface area (Å²) in [6.07, 6.45) is 7.08. The van der Waals surface area contributed by atoms with Crippen molar-refractivity contribution >= 4 is 38.9 Å². The predicted molar refractivity (Wildman–Crippen MR) is 176 cm³/mol. The minimum atomic E-state index is -3.84. The maximum Gasteiger partial charge on any atom is 0.271 e. The summed E-state index contributed by atoms with van der Waals surface area (Å²) in [6.45, 7) is 6.66. The lowest BCUT2D eigenvalue weighted by molar-refractivity contribution is -0.137. The van der Waals surface area contributed by atoms with Crippen LogP contribution in [0.2, 0.25) is 0 Å². The summed E-state index contributed by atoms with van der Waals surface area (Å²) < 4.78 is 41.4. The highest BCUT2D eigenvalue weighted by Gasteiger charge is 2.32. The smallest absolute Gasteiger partial charge is 0.271 e. The van der Waals surface area contributed by atoms with E-state index in [1.54, 1.807) is 40.3 Å². The number of hydrogen-bond donors (Lipinski definition) is 2. The molecule has 1 aromatic carbocycles. The average Bonchev–Trinajstić information content (AvgIpc) is 3.59. The van der Waals surface area contributed by atoms with E-state index in [9.17, 15) is 23.1 Å². The largest absolute Gasteiger partial charge is 0.490 e. The average molecular weight is 664 g/mol. The van der Waals surface area contributed by atoms with Crippen LogP contribution in [0.25, 0.3) is 0 Å². The molecule has 0 saturated heterocycles. The Morgan fingerprint density at radius 3 is 2.56 bits per heavy atom. The van der Waals surface area contributed by atoms with E-state index < -0.39 is 16.1 Å². The first-order valence-corrected chi connectivity index (χ1v) is 18.5. The summed E-state index contributed by atoms with van der Waals surface area (Å²) in [5.41, 5.74) is 0.446. The first kappa shape index (κ1) is 35.2. The molecule has 1 saturated carbocycles. The first-order valence-electron chi connectivity index (χ1n) is 16.2. The minimum Gasteiger partial charge on any atom is -0.490 e. The van der Waals surface area contributed by atoms with Gasteiger partial charge in [0.05, 0.1) is 30.4 Å². The molecule has 0 unspecified atom stereocenters. The molecule has 2 amide bonds. The van der Waals surface area contributed by atoms with Gasteiger partial charge in [-0.1, -0.05) is 32.3 Å². The van der Waals surface area contributed by atoms with Gasteiger partial charge in [0.1, 0.15) is 9.96 Å². The molecule has 1 aliphatic heterocycles. The molecule has 2 N–H and O–H groups in total. The van der Waals surface area contributed by atoms with Crippen molar-refractivity contribution in [3.63, 3.8) is 0 Å². The second kappa shape index (κ2) is 16.2. The Morgan fingerprint density at radius 2 is 1.87 bits per heavy atom. The Bertz CT molecular complexity index is 1360. The summed E-state index contributed by atoms with van der Waals surface area (Å²) in [5.74, 6) is 0.00651. The highest BCUT2D eigenvalue weighted by Crippen LogP contribution is 2.30. The van der Waals surface area contributed by atoms with Crippen LogP contribution in [0.4, 0.5) is 5.69 Å². The van der Waals surface area contributed by atoms with E-state index in [4.69, 9.17) is 9.47 Å². The molecule has 4 atom stereocenters. The number of aliphatic hydroxyl groups excluding tert-OH is 1. The second-order valence-corrected chi connectivity index (χ2v) is 15.5. The molecule has 10 nitrogen and oxygen atoms in total. The van der Waals surface area contributed by atoms with Gasteiger partial charge in [-0.05, 0) is 75.6 Å². The van der Waals surface area contributed by atoms with Crippen molar-refractivity contribution < 1.29 is 32.6 Å². The molecule has 2 aliphatic rings. The molecular weight excluding hydrogens is 615 g/mol. The number of nitrogens with zero attached hydrogens (tertiary/aromatic N) is 2. The molecule has 2 heterocycles. The number of benzene rings is 1. The lowest BCUT2D eigenvalue weighted by atomic mass is 9.88. The van der Waals surface area contributed by atoms with E-state index in [0.29, 0.717) is 18.9 Å². The SMILES string of the molecule is C[C@H](CO)N1C[C@H](C)[C@H](CN(C)C(=O)C2CCCCC2)OCCCC[C@H](C)Oc2ccc(NS(=O)(=O)c3cccs3)cc2C1=O. The number of thiophene rings is 1. The zero-order chi connectivity index (χ0) is 32.6. The predicted octanol–water partition coefficient (Wildman–Crippen LogP) is 5.38. The maximum atomic E-state index is 14.3. The van der Waals surface area contributed by atoms with Crippen LogP contribution < -0.4 is 9.46 Å². The van der Waals surface area contributed by atoms with Crippen LogP contribution in [0.3, 0.4) is 0 Å². The van der Waals surface area contributed by atoms with E-state index in [-0.39, 0.29) is 64.5 Å². The second-order valence-electron chi connectivity index (χ2n) is 12.6. The van der Waals surface area contributed by atoms with E-state index >= 15 is 0 Å². The fourth-order valence-electron chi connectivity index (χ4n) is 6.09. The lowest BCUT2D eigenvalue weighted by Crippen LogP contribution is -2.48. The van der Waals surface area contributed by atoms with Gasteiger partial charge in [-0.15, -0.1) is 11.3 Å². The van der Waals surface area contributed by atoms with Crippen molar-refractivity contribution in [2.45, 2.75) is 94.6 Å². The van der Waals surface area contributed by atoms with Crippen LogP contribution in [-0.4, -0.2) is 86.7 Å². The van der Waals surface area contributed by atoms with Gasteiger partial charge in [0.15, 0.2) is 0 Å². The normalized spacial score (nSPS) is 23.4. The van der Waals surface area contributed by atoms with Gasteiger partial charge in [-0.2, -0.15) is 0 Å². The van der Waals surface area contributed by atoms with E-state index in [2.05, 4.69) is 4.72 Å². The number of sulfonamides is 1. The van der Waals surface area contributed by atoms with Crippen molar-refractivity contribution in [2.24, 2.45) is 11.8 Å². The molecule has 1 fully saturated rings. The number of anilines is 1. The molecule has 1 aromatic heterocycles. The van der Waals surface area contributed by atoms with Crippen molar-refractivity contribution in [3.05, 3.63) is 41.3 Å². The number of likely N-dealkylation sites (N-methyl/N-ethyl adjacent to an activating group) is 1. The number of amides is 2. The van der Waals surface area contributed by atoms with Gasteiger partial charge < -0.3 is 24.4 Å². The number of rotatable bonds is 8. The van der Waals surface area contributed by atoms with Gasteiger partial charge in [0, 0.05) is 44.3 Å². The minimum absolute atomic E-state index is 0.0504. The highest BCUT2D eigenvalue weighted by molar-refractivity contribution is 7.94. The monoisotopic (exact) mass is 663 g/mol. The zero-order valence-corrected chi connectivity index (χ0v) is 28.6. The fourth-order valence-corrected chi connectivity index (χ4v) is 8.13.